The predicted molar refractivity (Wildman–Crippen MR) is 29.9 cm³/mol. The zero-order valence-electron chi connectivity index (χ0n) is 4.76. The van der Waals surface area contributed by atoms with Gasteiger partial charge >= 0.3 is 7.12 Å². The van der Waals surface area contributed by atoms with Crippen molar-refractivity contribution >= 4 is 7.12 Å². The molecule has 0 aromatic heterocycles. The number of rotatable bonds is 2. The standard InChI is InChI=1S/C4H11BO2/c1-3-4(2)5(6)7/h4,6-7H,3H2,1-2H3/t4-/m1/s1. The molecule has 0 aliphatic rings. The lowest BCUT2D eigenvalue weighted by molar-refractivity contribution is 0.386. The Hall–Kier alpha value is -0.0151. The van der Waals surface area contributed by atoms with E-state index in [9.17, 15) is 0 Å². The third kappa shape index (κ3) is 2.65. The Morgan fingerprint density at radius 1 is 1.57 bits per heavy atom. The average Bonchev–Trinajstić information content (AvgIpc) is 1.65. The van der Waals surface area contributed by atoms with E-state index in [1.807, 2.05) is 6.92 Å². The largest absolute Gasteiger partial charge is 0.454 e. The molecule has 0 saturated carbocycles. The summed E-state index contributed by atoms with van der Waals surface area (Å²) in [5.74, 6) is 0.0139. The summed E-state index contributed by atoms with van der Waals surface area (Å²) in [5, 5.41) is 16.8. The van der Waals surface area contributed by atoms with E-state index in [1.54, 1.807) is 6.92 Å². The van der Waals surface area contributed by atoms with Crippen molar-refractivity contribution in [2.24, 2.45) is 0 Å². The minimum Gasteiger partial charge on any atom is -0.427 e. The molecule has 7 heavy (non-hydrogen) atoms. The van der Waals surface area contributed by atoms with Crippen molar-refractivity contribution in [3.05, 3.63) is 0 Å². The Morgan fingerprint density at radius 3 is 2.00 bits per heavy atom. The molecule has 0 unspecified atom stereocenters. The fourth-order valence-electron chi connectivity index (χ4n) is 0.211. The smallest absolute Gasteiger partial charge is 0.427 e. The summed E-state index contributed by atoms with van der Waals surface area (Å²) in [6.45, 7) is 3.72. The molecular formula is C4H11BO2. The highest BCUT2D eigenvalue weighted by molar-refractivity contribution is 6.42. The summed E-state index contributed by atoms with van der Waals surface area (Å²) < 4.78 is 0. The summed E-state index contributed by atoms with van der Waals surface area (Å²) in [4.78, 5) is 0. The van der Waals surface area contributed by atoms with Gasteiger partial charge < -0.3 is 10.0 Å². The molecule has 2 nitrogen and oxygen atoms in total. The van der Waals surface area contributed by atoms with E-state index in [4.69, 9.17) is 10.0 Å². The van der Waals surface area contributed by atoms with E-state index < -0.39 is 7.12 Å². The molecule has 0 fully saturated rings. The van der Waals surface area contributed by atoms with Crippen LogP contribution in [0, 0.1) is 0 Å². The van der Waals surface area contributed by atoms with Gasteiger partial charge in [0.25, 0.3) is 0 Å². The first-order chi connectivity index (χ1) is 3.18. The molecule has 0 aromatic carbocycles. The molecule has 42 valence electrons. The zero-order chi connectivity index (χ0) is 5.86. The molecule has 0 aliphatic heterocycles. The maximum atomic E-state index is 8.38. The first-order valence-electron chi connectivity index (χ1n) is 2.54. The Bertz CT molecular complexity index is 47.0. The van der Waals surface area contributed by atoms with E-state index in [1.165, 1.54) is 0 Å². The minimum atomic E-state index is -1.13. The first kappa shape index (κ1) is 6.98. The zero-order valence-corrected chi connectivity index (χ0v) is 4.76. The Morgan fingerprint density at radius 2 is 2.00 bits per heavy atom. The second kappa shape index (κ2) is 3.05. The molecule has 2 N–H and O–H groups in total. The van der Waals surface area contributed by atoms with Gasteiger partial charge in [-0.25, -0.2) is 0 Å². The normalized spacial score (nSPS) is 13.7. The molecule has 1 atom stereocenters. The van der Waals surface area contributed by atoms with Crippen LogP contribution in [-0.4, -0.2) is 17.2 Å². The van der Waals surface area contributed by atoms with Crippen LogP contribution in [0.15, 0.2) is 0 Å². The van der Waals surface area contributed by atoms with Gasteiger partial charge in [0.2, 0.25) is 0 Å². The van der Waals surface area contributed by atoms with E-state index in [2.05, 4.69) is 0 Å². The minimum absolute atomic E-state index is 0.0139. The molecule has 0 aliphatic carbocycles. The monoisotopic (exact) mass is 102 g/mol. The Balaban J connectivity index is 3.14. The Labute approximate surface area is 44.3 Å². The molecule has 0 radical (unpaired) electrons. The third-order valence-electron chi connectivity index (χ3n) is 1.15. The summed E-state index contributed by atoms with van der Waals surface area (Å²) in [5.41, 5.74) is 0. The van der Waals surface area contributed by atoms with Gasteiger partial charge in [-0.3, -0.25) is 0 Å². The topological polar surface area (TPSA) is 40.5 Å². The predicted octanol–water partition coefficient (Wildman–Crippen LogP) is 0.259. The van der Waals surface area contributed by atoms with Gasteiger partial charge in [-0.15, -0.1) is 0 Å². The van der Waals surface area contributed by atoms with E-state index in [-0.39, 0.29) is 5.82 Å². The average molecular weight is 102 g/mol. The van der Waals surface area contributed by atoms with Crippen LogP contribution >= 0.6 is 0 Å². The molecule has 0 saturated heterocycles. The fraction of sp³-hybridized carbons (Fsp3) is 1.00. The summed E-state index contributed by atoms with van der Waals surface area (Å²) >= 11 is 0. The van der Waals surface area contributed by atoms with E-state index >= 15 is 0 Å². The van der Waals surface area contributed by atoms with Crippen LogP contribution in [-0.2, 0) is 0 Å². The van der Waals surface area contributed by atoms with Gasteiger partial charge in [0.05, 0.1) is 0 Å². The van der Waals surface area contributed by atoms with Gasteiger partial charge in [0.15, 0.2) is 0 Å². The van der Waals surface area contributed by atoms with Crippen molar-refractivity contribution in [2.75, 3.05) is 0 Å². The number of hydrogen-bond donors (Lipinski definition) is 2. The lowest BCUT2D eigenvalue weighted by Crippen LogP contribution is -2.16. The molecule has 3 heteroatoms. The van der Waals surface area contributed by atoms with Gasteiger partial charge in [-0.05, 0) is 5.82 Å². The highest BCUT2D eigenvalue weighted by atomic mass is 16.4. The second-order valence-electron chi connectivity index (χ2n) is 1.80. The van der Waals surface area contributed by atoms with Gasteiger partial charge in [0.1, 0.15) is 0 Å². The lowest BCUT2D eigenvalue weighted by Gasteiger charge is -2.02. The molecule has 0 bridgehead atoms. The van der Waals surface area contributed by atoms with Gasteiger partial charge in [-0.1, -0.05) is 20.3 Å². The molecule has 0 aromatic rings. The van der Waals surface area contributed by atoms with Crippen LogP contribution in [0.3, 0.4) is 0 Å². The molecular weight excluding hydrogens is 90.9 g/mol. The van der Waals surface area contributed by atoms with Gasteiger partial charge in [-0.2, -0.15) is 0 Å². The van der Waals surface area contributed by atoms with Crippen molar-refractivity contribution in [1.29, 1.82) is 0 Å². The van der Waals surface area contributed by atoms with Crippen LogP contribution in [0.2, 0.25) is 5.82 Å². The fourth-order valence-corrected chi connectivity index (χ4v) is 0.211. The van der Waals surface area contributed by atoms with Crippen LogP contribution in [0.4, 0.5) is 0 Å². The molecule has 0 heterocycles. The van der Waals surface area contributed by atoms with Crippen LogP contribution < -0.4 is 0 Å². The van der Waals surface area contributed by atoms with Crippen LogP contribution in [0.5, 0.6) is 0 Å². The molecule has 0 spiro atoms. The maximum Gasteiger partial charge on any atom is 0.454 e. The van der Waals surface area contributed by atoms with Crippen molar-refractivity contribution in [3.63, 3.8) is 0 Å². The maximum absolute atomic E-state index is 8.38. The second-order valence-corrected chi connectivity index (χ2v) is 1.80. The first-order valence-corrected chi connectivity index (χ1v) is 2.54. The molecule has 0 amide bonds. The van der Waals surface area contributed by atoms with Crippen molar-refractivity contribution in [2.45, 2.75) is 26.1 Å². The van der Waals surface area contributed by atoms with Crippen molar-refractivity contribution in [3.8, 4) is 0 Å². The third-order valence-corrected chi connectivity index (χ3v) is 1.15. The highest BCUT2D eigenvalue weighted by Gasteiger charge is 2.14. The van der Waals surface area contributed by atoms with Crippen LogP contribution in [0.1, 0.15) is 20.3 Å². The SMILES string of the molecule is CC[C@@H](C)B(O)O. The van der Waals surface area contributed by atoms with Crippen molar-refractivity contribution in [1.82, 2.24) is 0 Å². The van der Waals surface area contributed by atoms with Crippen molar-refractivity contribution < 1.29 is 10.0 Å². The summed E-state index contributed by atoms with van der Waals surface area (Å²) in [6, 6.07) is 0. The summed E-state index contributed by atoms with van der Waals surface area (Å²) in [7, 11) is -1.13. The summed E-state index contributed by atoms with van der Waals surface area (Å²) in [6.07, 6.45) is 0.817. The number of hydrogen-bond acceptors (Lipinski definition) is 2. The van der Waals surface area contributed by atoms with E-state index in [0.717, 1.165) is 6.42 Å². The van der Waals surface area contributed by atoms with E-state index in [0.29, 0.717) is 0 Å². The van der Waals surface area contributed by atoms with Gasteiger partial charge in [0, 0.05) is 0 Å². The Kier molecular flexibility index (Phi) is 3.04. The highest BCUT2D eigenvalue weighted by Crippen LogP contribution is 2.07. The van der Waals surface area contributed by atoms with Crippen LogP contribution in [0.25, 0.3) is 0 Å². The quantitative estimate of drug-likeness (QED) is 0.491. The molecule has 0 rings (SSSR count). The lowest BCUT2D eigenvalue weighted by atomic mass is 9.73.